The third-order valence-electron chi connectivity index (χ3n) is 2.45. The molecule has 17 heavy (non-hydrogen) atoms. The molecule has 0 aromatic heterocycles. The van der Waals surface area contributed by atoms with Crippen LogP contribution < -0.4 is 15.4 Å². The number of anilines is 1. The fourth-order valence-corrected chi connectivity index (χ4v) is 1.38. The lowest BCUT2D eigenvalue weighted by molar-refractivity contribution is -0.117. The van der Waals surface area contributed by atoms with Gasteiger partial charge in [-0.15, -0.1) is 0 Å². The highest BCUT2D eigenvalue weighted by molar-refractivity contribution is 5.94. The smallest absolute Gasteiger partial charge is 0.241 e. The van der Waals surface area contributed by atoms with E-state index in [9.17, 15) is 4.79 Å². The standard InChI is InChI=1S/C13H20N2O2/c1-4-9-14-10(2)13(16)15-11-5-7-12(17-3)8-6-11/h5-8,10,14H,4,9H2,1-3H3,(H,15,16). The van der Waals surface area contributed by atoms with Crippen LogP contribution in [0.15, 0.2) is 24.3 Å². The average Bonchev–Trinajstić information content (AvgIpc) is 2.36. The van der Waals surface area contributed by atoms with Crippen LogP contribution in [0.25, 0.3) is 0 Å². The Hall–Kier alpha value is -1.55. The third-order valence-corrected chi connectivity index (χ3v) is 2.45. The first-order chi connectivity index (χ1) is 8.17. The maximum absolute atomic E-state index is 11.8. The third kappa shape index (κ3) is 4.44. The Kier molecular flexibility index (Phi) is 5.49. The average molecular weight is 236 g/mol. The normalized spacial score (nSPS) is 11.9. The van der Waals surface area contributed by atoms with Crippen molar-refractivity contribution < 1.29 is 9.53 Å². The van der Waals surface area contributed by atoms with Crippen molar-refractivity contribution in [2.75, 3.05) is 19.0 Å². The van der Waals surface area contributed by atoms with E-state index < -0.39 is 0 Å². The van der Waals surface area contributed by atoms with E-state index in [1.54, 1.807) is 7.11 Å². The van der Waals surface area contributed by atoms with Crippen molar-refractivity contribution in [2.24, 2.45) is 0 Å². The van der Waals surface area contributed by atoms with Crippen molar-refractivity contribution in [3.63, 3.8) is 0 Å². The van der Waals surface area contributed by atoms with Crippen LogP contribution in [0.3, 0.4) is 0 Å². The summed E-state index contributed by atoms with van der Waals surface area (Å²) in [5.74, 6) is 0.753. The lowest BCUT2D eigenvalue weighted by Gasteiger charge is -2.13. The van der Waals surface area contributed by atoms with Gasteiger partial charge in [-0.3, -0.25) is 4.79 Å². The molecule has 0 radical (unpaired) electrons. The van der Waals surface area contributed by atoms with Crippen LogP contribution in [-0.4, -0.2) is 25.6 Å². The lowest BCUT2D eigenvalue weighted by atomic mass is 10.2. The van der Waals surface area contributed by atoms with Gasteiger partial charge in [-0.1, -0.05) is 6.92 Å². The molecule has 2 N–H and O–H groups in total. The van der Waals surface area contributed by atoms with Crippen molar-refractivity contribution >= 4 is 11.6 Å². The SMILES string of the molecule is CCCNC(C)C(=O)Nc1ccc(OC)cc1. The van der Waals surface area contributed by atoms with Gasteiger partial charge in [0.05, 0.1) is 13.2 Å². The zero-order valence-electron chi connectivity index (χ0n) is 10.6. The van der Waals surface area contributed by atoms with Crippen LogP contribution in [0, 0.1) is 0 Å². The van der Waals surface area contributed by atoms with Crippen LogP contribution in [0.1, 0.15) is 20.3 Å². The molecule has 0 saturated heterocycles. The number of hydrogen-bond acceptors (Lipinski definition) is 3. The van der Waals surface area contributed by atoms with Crippen LogP contribution >= 0.6 is 0 Å². The van der Waals surface area contributed by atoms with Crippen LogP contribution in [-0.2, 0) is 4.79 Å². The first-order valence-corrected chi connectivity index (χ1v) is 5.85. The number of benzene rings is 1. The molecule has 0 spiro atoms. The minimum atomic E-state index is -0.183. The van der Waals surface area contributed by atoms with E-state index in [1.165, 1.54) is 0 Å². The van der Waals surface area contributed by atoms with Crippen molar-refractivity contribution in [1.82, 2.24) is 5.32 Å². The van der Waals surface area contributed by atoms with Crippen LogP contribution in [0.4, 0.5) is 5.69 Å². The van der Waals surface area contributed by atoms with Crippen molar-refractivity contribution in [1.29, 1.82) is 0 Å². The topological polar surface area (TPSA) is 50.4 Å². The summed E-state index contributed by atoms with van der Waals surface area (Å²) in [5, 5.41) is 5.98. The van der Waals surface area contributed by atoms with E-state index in [1.807, 2.05) is 31.2 Å². The number of amides is 1. The van der Waals surface area contributed by atoms with Gasteiger partial charge in [0.2, 0.25) is 5.91 Å². The van der Waals surface area contributed by atoms with E-state index >= 15 is 0 Å². The second-order valence-electron chi connectivity index (χ2n) is 3.89. The Morgan fingerprint density at radius 3 is 2.53 bits per heavy atom. The molecular formula is C13H20N2O2. The fraction of sp³-hybridized carbons (Fsp3) is 0.462. The fourth-order valence-electron chi connectivity index (χ4n) is 1.38. The number of rotatable bonds is 6. The number of methoxy groups -OCH3 is 1. The maximum Gasteiger partial charge on any atom is 0.241 e. The van der Waals surface area contributed by atoms with Crippen LogP contribution in [0.5, 0.6) is 5.75 Å². The van der Waals surface area contributed by atoms with Crippen molar-refractivity contribution in [3.8, 4) is 5.75 Å². The molecule has 0 aliphatic heterocycles. The molecule has 0 aliphatic carbocycles. The van der Waals surface area contributed by atoms with Crippen LogP contribution in [0.2, 0.25) is 0 Å². The molecule has 0 heterocycles. The number of hydrogen-bond donors (Lipinski definition) is 2. The second-order valence-corrected chi connectivity index (χ2v) is 3.89. The molecule has 1 amide bonds. The second kappa shape index (κ2) is 6.91. The molecule has 4 nitrogen and oxygen atoms in total. The van der Waals surface area contributed by atoms with E-state index in [0.717, 1.165) is 24.4 Å². The summed E-state index contributed by atoms with van der Waals surface area (Å²) in [4.78, 5) is 11.8. The quantitative estimate of drug-likeness (QED) is 0.794. The van der Waals surface area contributed by atoms with E-state index in [2.05, 4.69) is 17.6 Å². The van der Waals surface area contributed by atoms with Crippen molar-refractivity contribution in [3.05, 3.63) is 24.3 Å². The Bertz CT molecular complexity index is 349. The highest BCUT2D eigenvalue weighted by Gasteiger charge is 2.11. The predicted octanol–water partition coefficient (Wildman–Crippen LogP) is 2.02. The predicted molar refractivity (Wildman–Crippen MR) is 69.4 cm³/mol. The van der Waals surface area contributed by atoms with Gasteiger partial charge in [0.1, 0.15) is 5.75 Å². The number of nitrogens with one attached hydrogen (secondary N) is 2. The van der Waals surface area contributed by atoms with Gasteiger partial charge in [0.25, 0.3) is 0 Å². The molecule has 1 unspecified atom stereocenters. The lowest BCUT2D eigenvalue weighted by Crippen LogP contribution is -2.38. The molecule has 94 valence electrons. The largest absolute Gasteiger partial charge is 0.497 e. The molecule has 1 atom stereocenters. The summed E-state index contributed by atoms with van der Waals surface area (Å²) >= 11 is 0. The number of carbonyl (C=O) groups is 1. The van der Waals surface area contributed by atoms with E-state index in [0.29, 0.717) is 0 Å². The molecule has 1 aromatic carbocycles. The summed E-state index contributed by atoms with van der Waals surface area (Å²) in [7, 11) is 1.62. The Labute approximate surface area is 102 Å². The first-order valence-electron chi connectivity index (χ1n) is 5.85. The van der Waals surface area contributed by atoms with Gasteiger partial charge >= 0.3 is 0 Å². The summed E-state index contributed by atoms with van der Waals surface area (Å²) in [5.41, 5.74) is 0.779. The highest BCUT2D eigenvalue weighted by Crippen LogP contribution is 2.14. The summed E-state index contributed by atoms with van der Waals surface area (Å²) in [6, 6.07) is 7.10. The Morgan fingerprint density at radius 2 is 2.00 bits per heavy atom. The van der Waals surface area contributed by atoms with Gasteiger partial charge < -0.3 is 15.4 Å². The Morgan fingerprint density at radius 1 is 1.35 bits per heavy atom. The maximum atomic E-state index is 11.8. The molecular weight excluding hydrogens is 216 g/mol. The highest BCUT2D eigenvalue weighted by atomic mass is 16.5. The summed E-state index contributed by atoms with van der Waals surface area (Å²) in [6.45, 7) is 4.77. The number of carbonyl (C=O) groups excluding carboxylic acids is 1. The van der Waals surface area contributed by atoms with E-state index in [-0.39, 0.29) is 11.9 Å². The number of ether oxygens (including phenoxy) is 1. The monoisotopic (exact) mass is 236 g/mol. The van der Waals surface area contributed by atoms with Gasteiger partial charge in [-0.25, -0.2) is 0 Å². The molecule has 0 saturated carbocycles. The van der Waals surface area contributed by atoms with Gasteiger partial charge in [-0.2, -0.15) is 0 Å². The Balaban J connectivity index is 2.49. The minimum Gasteiger partial charge on any atom is -0.497 e. The zero-order chi connectivity index (χ0) is 12.7. The molecule has 1 rings (SSSR count). The van der Waals surface area contributed by atoms with Gasteiger partial charge in [-0.05, 0) is 44.2 Å². The molecule has 0 bridgehead atoms. The molecule has 1 aromatic rings. The van der Waals surface area contributed by atoms with Gasteiger partial charge in [0.15, 0.2) is 0 Å². The first kappa shape index (κ1) is 13.5. The van der Waals surface area contributed by atoms with Crippen molar-refractivity contribution in [2.45, 2.75) is 26.3 Å². The molecule has 0 fully saturated rings. The summed E-state index contributed by atoms with van der Waals surface area (Å²) < 4.78 is 5.05. The zero-order valence-corrected chi connectivity index (χ0v) is 10.6. The van der Waals surface area contributed by atoms with Gasteiger partial charge in [0, 0.05) is 5.69 Å². The van der Waals surface area contributed by atoms with E-state index in [4.69, 9.17) is 4.74 Å². The summed E-state index contributed by atoms with van der Waals surface area (Å²) in [6.07, 6.45) is 1.01. The molecule has 4 heteroatoms. The molecule has 0 aliphatic rings. The minimum absolute atomic E-state index is 0.0244.